The molecular formula is C26H40N4O3. The fourth-order valence-corrected chi connectivity index (χ4v) is 4.92. The van der Waals surface area contributed by atoms with Crippen LogP contribution in [0.3, 0.4) is 0 Å². The molecule has 1 aromatic carbocycles. The predicted octanol–water partition coefficient (Wildman–Crippen LogP) is 2.56. The molecular weight excluding hydrogens is 416 g/mol. The van der Waals surface area contributed by atoms with Crippen molar-refractivity contribution in [3.8, 4) is 0 Å². The van der Waals surface area contributed by atoms with Gasteiger partial charge in [0.1, 0.15) is 12.1 Å². The van der Waals surface area contributed by atoms with Gasteiger partial charge < -0.3 is 20.9 Å². The number of nitrogens with one attached hydrogen (secondary N) is 3. The van der Waals surface area contributed by atoms with Crippen LogP contribution in [0.5, 0.6) is 0 Å². The molecule has 3 N–H and O–H groups in total. The molecule has 1 heterocycles. The van der Waals surface area contributed by atoms with Crippen molar-refractivity contribution in [2.45, 2.75) is 84.5 Å². The van der Waals surface area contributed by atoms with Gasteiger partial charge in [0.2, 0.25) is 17.7 Å². The summed E-state index contributed by atoms with van der Waals surface area (Å²) in [6.07, 6.45) is 3.60. The monoisotopic (exact) mass is 456 g/mol. The number of benzene rings is 1. The molecule has 33 heavy (non-hydrogen) atoms. The fourth-order valence-electron chi connectivity index (χ4n) is 4.92. The van der Waals surface area contributed by atoms with Crippen LogP contribution in [0.1, 0.15) is 71.0 Å². The van der Waals surface area contributed by atoms with E-state index in [-0.39, 0.29) is 29.7 Å². The molecule has 7 heteroatoms. The predicted molar refractivity (Wildman–Crippen MR) is 129 cm³/mol. The minimum absolute atomic E-state index is 0.0232. The van der Waals surface area contributed by atoms with E-state index < -0.39 is 23.5 Å². The molecule has 1 saturated heterocycles. The van der Waals surface area contributed by atoms with Crippen molar-refractivity contribution in [1.29, 1.82) is 0 Å². The Bertz CT molecular complexity index is 879. The fraction of sp³-hybridized carbons (Fsp3) is 0.654. The Balaban J connectivity index is 1.78. The minimum atomic E-state index is -0.711. The minimum Gasteiger partial charge on any atom is -0.347 e. The standard InChI is InChI=1S/C26H40N4O3/c1-16-14-21(24(32)28-20-13-9-11-18-10-7-8-12-19(18)20)30(15-16)25(33)22(26(3,4)5)29-23(31)17(2)27-6/h7-8,10,12,16-17,20-22,27H,9,11,13-15H2,1-6H3,(H,28,32)(H,29,31)/t16-,17-,20?,21?,22+/m0/s1. The Hall–Kier alpha value is -2.41. The molecule has 2 aliphatic rings. The average Bonchev–Trinajstić information content (AvgIpc) is 3.17. The summed E-state index contributed by atoms with van der Waals surface area (Å²) >= 11 is 0. The molecule has 7 nitrogen and oxygen atoms in total. The SMILES string of the molecule is CN[C@@H](C)C(=O)N[C@H](C(=O)N1C[C@@H](C)CC1C(=O)NC1CCCc2ccccc21)C(C)(C)C. The van der Waals surface area contributed by atoms with Crippen LogP contribution >= 0.6 is 0 Å². The number of aryl methyl sites for hydroxylation is 1. The molecule has 3 rings (SSSR count). The molecule has 0 spiro atoms. The normalized spacial score (nSPS) is 24.5. The highest BCUT2D eigenvalue weighted by Gasteiger charge is 2.44. The van der Waals surface area contributed by atoms with Gasteiger partial charge in [0, 0.05) is 6.54 Å². The van der Waals surface area contributed by atoms with E-state index in [4.69, 9.17) is 0 Å². The number of amides is 3. The average molecular weight is 457 g/mol. The van der Waals surface area contributed by atoms with Crippen molar-refractivity contribution in [3.63, 3.8) is 0 Å². The van der Waals surface area contributed by atoms with Crippen molar-refractivity contribution >= 4 is 17.7 Å². The first-order valence-corrected chi connectivity index (χ1v) is 12.2. The third-order valence-corrected chi connectivity index (χ3v) is 7.01. The quantitative estimate of drug-likeness (QED) is 0.614. The van der Waals surface area contributed by atoms with E-state index in [1.165, 1.54) is 11.1 Å². The lowest BCUT2D eigenvalue weighted by molar-refractivity contribution is -0.144. The maximum Gasteiger partial charge on any atom is 0.246 e. The molecule has 0 saturated carbocycles. The molecule has 3 amide bonds. The summed E-state index contributed by atoms with van der Waals surface area (Å²) in [4.78, 5) is 41.4. The zero-order chi connectivity index (χ0) is 24.3. The van der Waals surface area contributed by atoms with Gasteiger partial charge >= 0.3 is 0 Å². The highest BCUT2D eigenvalue weighted by atomic mass is 16.2. The highest BCUT2D eigenvalue weighted by Crippen LogP contribution is 2.32. The molecule has 0 aromatic heterocycles. The zero-order valence-electron chi connectivity index (χ0n) is 20.9. The topological polar surface area (TPSA) is 90.5 Å². The van der Waals surface area contributed by atoms with E-state index in [0.717, 1.165) is 19.3 Å². The van der Waals surface area contributed by atoms with Crippen LogP contribution in [0.4, 0.5) is 0 Å². The molecule has 1 aliphatic heterocycles. The Kier molecular flexibility index (Phi) is 7.83. The molecule has 1 aromatic rings. The second kappa shape index (κ2) is 10.2. The summed E-state index contributed by atoms with van der Waals surface area (Å²) < 4.78 is 0. The molecule has 0 radical (unpaired) electrons. The first-order valence-electron chi connectivity index (χ1n) is 12.2. The summed E-state index contributed by atoms with van der Waals surface area (Å²) in [5.74, 6) is -0.293. The number of likely N-dealkylation sites (N-methyl/N-ethyl adjacent to an activating group) is 1. The van der Waals surface area contributed by atoms with Gasteiger partial charge in [-0.3, -0.25) is 14.4 Å². The Labute approximate surface area is 198 Å². The van der Waals surface area contributed by atoms with E-state index in [1.807, 2.05) is 32.9 Å². The van der Waals surface area contributed by atoms with E-state index >= 15 is 0 Å². The van der Waals surface area contributed by atoms with Crippen LogP contribution in [-0.2, 0) is 20.8 Å². The summed E-state index contributed by atoms with van der Waals surface area (Å²) in [5, 5.41) is 9.08. The van der Waals surface area contributed by atoms with Crippen molar-refractivity contribution in [1.82, 2.24) is 20.9 Å². The first kappa shape index (κ1) is 25.2. The molecule has 1 fully saturated rings. The van der Waals surface area contributed by atoms with Crippen molar-refractivity contribution in [2.75, 3.05) is 13.6 Å². The van der Waals surface area contributed by atoms with E-state index in [9.17, 15) is 14.4 Å². The number of hydrogen-bond acceptors (Lipinski definition) is 4. The smallest absolute Gasteiger partial charge is 0.246 e. The van der Waals surface area contributed by atoms with E-state index in [0.29, 0.717) is 13.0 Å². The van der Waals surface area contributed by atoms with Gasteiger partial charge in [0.15, 0.2) is 0 Å². The number of fused-ring (bicyclic) bond motifs is 1. The van der Waals surface area contributed by atoms with E-state index in [1.54, 1.807) is 18.9 Å². The van der Waals surface area contributed by atoms with Gasteiger partial charge in [0.25, 0.3) is 0 Å². The van der Waals surface area contributed by atoms with E-state index in [2.05, 4.69) is 35.0 Å². The summed E-state index contributed by atoms with van der Waals surface area (Å²) in [5.41, 5.74) is 1.98. The maximum absolute atomic E-state index is 13.7. The third kappa shape index (κ3) is 5.75. The van der Waals surface area contributed by atoms with Crippen LogP contribution in [0.15, 0.2) is 24.3 Å². The first-order chi connectivity index (χ1) is 15.5. The Morgan fingerprint density at radius 2 is 1.85 bits per heavy atom. The van der Waals surface area contributed by atoms with Crippen LogP contribution in [0, 0.1) is 11.3 Å². The lowest BCUT2D eigenvalue weighted by Crippen LogP contribution is -2.59. The van der Waals surface area contributed by atoms with Gasteiger partial charge in [-0.2, -0.15) is 0 Å². The van der Waals surface area contributed by atoms with Crippen LogP contribution in [0.25, 0.3) is 0 Å². The molecule has 2 unspecified atom stereocenters. The van der Waals surface area contributed by atoms with Crippen molar-refractivity contribution < 1.29 is 14.4 Å². The van der Waals surface area contributed by atoms with Crippen molar-refractivity contribution in [3.05, 3.63) is 35.4 Å². The summed E-state index contributed by atoms with van der Waals surface area (Å²) in [6, 6.07) is 6.60. The molecule has 1 aliphatic carbocycles. The number of likely N-dealkylation sites (tertiary alicyclic amines) is 1. The Morgan fingerprint density at radius 3 is 2.52 bits per heavy atom. The maximum atomic E-state index is 13.7. The molecule has 0 bridgehead atoms. The molecule has 5 atom stereocenters. The Morgan fingerprint density at radius 1 is 1.15 bits per heavy atom. The lowest BCUT2D eigenvalue weighted by atomic mass is 9.85. The number of hydrogen-bond donors (Lipinski definition) is 3. The zero-order valence-corrected chi connectivity index (χ0v) is 20.9. The third-order valence-electron chi connectivity index (χ3n) is 7.01. The number of carbonyl (C=O) groups is 3. The van der Waals surface area contributed by atoms with Crippen LogP contribution < -0.4 is 16.0 Å². The second-order valence-corrected chi connectivity index (χ2v) is 10.8. The summed E-state index contributed by atoms with van der Waals surface area (Å²) in [6.45, 7) is 10.2. The van der Waals surface area contributed by atoms with Crippen LogP contribution in [-0.4, -0.2) is 54.3 Å². The van der Waals surface area contributed by atoms with Gasteiger partial charge in [0.05, 0.1) is 12.1 Å². The van der Waals surface area contributed by atoms with Gasteiger partial charge in [-0.25, -0.2) is 0 Å². The lowest BCUT2D eigenvalue weighted by Gasteiger charge is -2.36. The van der Waals surface area contributed by atoms with Gasteiger partial charge in [-0.1, -0.05) is 52.0 Å². The summed E-state index contributed by atoms with van der Waals surface area (Å²) in [7, 11) is 1.71. The molecule has 182 valence electrons. The van der Waals surface area contributed by atoms with Gasteiger partial charge in [-0.05, 0) is 62.1 Å². The number of rotatable bonds is 6. The highest BCUT2D eigenvalue weighted by molar-refractivity contribution is 5.94. The second-order valence-electron chi connectivity index (χ2n) is 10.8. The van der Waals surface area contributed by atoms with Gasteiger partial charge in [-0.15, -0.1) is 0 Å². The van der Waals surface area contributed by atoms with Crippen LogP contribution in [0.2, 0.25) is 0 Å². The van der Waals surface area contributed by atoms with Crippen molar-refractivity contribution in [2.24, 2.45) is 11.3 Å². The number of nitrogens with zero attached hydrogens (tertiary/aromatic N) is 1. The largest absolute Gasteiger partial charge is 0.347 e. The number of carbonyl (C=O) groups excluding carboxylic acids is 3.